The van der Waals surface area contributed by atoms with E-state index in [9.17, 15) is 0 Å². The molecule has 1 aliphatic rings. The fourth-order valence-corrected chi connectivity index (χ4v) is 3.85. The van der Waals surface area contributed by atoms with E-state index in [1.165, 1.54) is 0 Å². The maximum absolute atomic E-state index is 6.25. The topological polar surface area (TPSA) is 45.4 Å². The van der Waals surface area contributed by atoms with E-state index in [1.807, 2.05) is 25.1 Å². The molecule has 1 aromatic heterocycles. The van der Waals surface area contributed by atoms with E-state index in [0.29, 0.717) is 5.89 Å². The standard InChI is InChI=1S/C18H24Cl2N4O/c1-14-21-18(22-25-14)13-24-10-4-9-23(11-12-24)8-3-5-15-16(19)6-2-7-17(15)20/h2,6-7H,3-5,8-13H2,1H3. The van der Waals surface area contributed by atoms with Crippen molar-refractivity contribution >= 4 is 23.2 Å². The summed E-state index contributed by atoms with van der Waals surface area (Å²) in [5.74, 6) is 1.41. The number of hydrogen-bond donors (Lipinski definition) is 0. The average Bonchev–Trinajstić information content (AvgIpc) is 2.86. The van der Waals surface area contributed by atoms with Crippen molar-refractivity contribution in [3.63, 3.8) is 0 Å². The molecule has 136 valence electrons. The van der Waals surface area contributed by atoms with Crippen molar-refractivity contribution in [3.8, 4) is 0 Å². The molecule has 0 aliphatic carbocycles. The summed E-state index contributed by atoms with van der Waals surface area (Å²) in [6.45, 7) is 7.94. The van der Waals surface area contributed by atoms with E-state index >= 15 is 0 Å². The van der Waals surface area contributed by atoms with Gasteiger partial charge in [-0.25, -0.2) is 0 Å². The monoisotopic (exact) mass is 382 g/mol. The van der Waals surface area contributed by atoms with Crippen LogP contribution in [0.4, 0.5) is 0 Å². The minimum atomic E-state index is 0.629. The SMILES string of the molecule is Cc1nc(CN2CCCN(CCCc3c(Cl)cccc3Cl)CC2)no1. The molecule has 0 bridgehead atoms. The lowest BCUT2D eigenvalue weighted by atomic mass is 10.1. The summed E-state index contributed by atoms with van der Waals surface area (Å²) >= 11 is 12.5. The normalized spacial score (nSPS) is 16.9. The van der Waals surface area contributed by atoms with Crippen molar-refractivity contribution in [2.75, 3.05) is 32.7 Å². The number of aryl methyl sites for hydroxylation is 1. The molecule has 1 fully saturated rings. The number of aromatic nitrogens is 2. The third-order valence-electron chi connectivity index (χ3n) is 4.58. The second-order valence-electron chi connectivity index (χ2n) is 6.50. The summed E-state index contributed by atoms with van der Waals surface area (Å²) in [5, 5.41) is 5.53. The molecule has 7 heteroatoms. The van der Waals surface area contributed by atoms with Crippen LogP contribution in [0.1, 0.15) is 30.1 Å². The van der Waals surface area contributed by atoms with Gasteiger partial charge in [0.25, 0.3) is 0 Å². The van der Waals surface area contributed by atoms with Crippen molar-refractivity contribution in [1.82, 2.24) is 19.9 Å². The van der Waals surface area contributed by atoms with E-state index in [4.69, 9.17) is 27.7 Å². The smallest absolute Gasteiger partial charge is 0.223 e. The zero-order valence-electron chi connectivity index (χ0n) is 14.5. The van der Waals surface area contributed by atoms with Crippen molar-refractivity contribution in [3.05, 3.63) is 45.5 Å². The van der Waals surface area contributed by atoms with Gasteiger partial charge in [0.1, 0.15) is 0 Å². The molecule has 5 nitrogen and oxygen atoms in total. The Hall–Kier alpha value is -1.14. The molecule has 1 aliphatic heterocycles. The van der Waals surface area contributed by atoms with Gasteiger partial charge in [-0.05, 0) is 56.6 Å². The van der Waals surface area contributed by atoms with Gasteiger partial charge in [-0.3, -0.25) is 4.90 Å². The van der Waals surface area contributed by atoms with Crippen molar-refractivity contribution in [2.24, 2.45) is 0 Å². The van der Waals surface area contributed by atoms with Crippen LogP contribution in [-0.4, -0.2) is 52.7 Å². The van der Waals surface area contributed by atoms with Crippen LogP contribution in [0, 0.1) is 6.92 Å². The maximum Gasteiger partial charge on any atom is 0.223 e. The quantitative estimate of drug-likeness (QED) is 0.759. The highest BCUT2D eigenvalue weighted by Gasteiger charge is 2.17. The lowest BCUT2D eigenvalue weighted by molar-refractivity contribution is 0.243. The summed E-state index contributed by atoms with van der Waals surface area (Å²) in [6, 6.07) is 5.71. The molecular weight excluding hydrogens is 359 g/mol. The Balaban J connectivity index is 1.44. The molecule has 1 saturated heterocycles. The Bertz CT molecular complexity index is 671. The van der Waals surface area contributed by atoms with Crippen LogP contribution >= 0.6 is 23.2 Å². The Labute approximate surface area is 158 Å². The number of hydrogen-bond acceptors (Lipinski definition) is 5. The van der Waals surface area contributed by atoms with Gasteiger partial charge in [0.05, 0.1) is 6.54 Å². The van der Waals surface area contributed by atoms with Gasteiger partial charge in [-0.2, -0.15) is 4.98 Å². The summed E-state index contributed by atoms with van der Waals surface area (Å²) in [5.41, 5.74) is 1.06. The third kappa shape index (κ3) is 5.42. The molecule has 0 spiro atoms. The minimum absolute atomic E-state index is 0.629. The predicted molar refractivity (Wildman–Crippen MR) is 100 cm³/mol. The molecule has 0 unspecified atom stereocenters. The Morgan fingerprint density at radius 1 is 1.08 bits per heavy atom. The van der Waals surface area contributed by atoms with Gasteiger partial charge in [0.15, 0.2) is 5.82 Å². The van der Waals surface area contributed by atoms with E-state index in [2.05, 4.69) is 19.9 Å². The van der Waals surface area contributed by atoms with Crippen LogP contribution in [0.3, 0.4) is 0 Å². The average molecular weight is 383 g/mol. The number of rotatable bonds is 6. The zero-order chi connectivity index (χ0) is 17.6. The zero-order valence-corrected chi connectivity index (χ0v) is 16.1. The molecule has 0 saturated carbocycles. The molecular formula is C18H24Cl2N4O. The highest BCUT2D eigenvalue weighted by atomic mass is 35.5. The fourth-order valence-electron chi connectivity index (χ4n) is 3.26. The van der Waals surface area contributed by atoms with Crippen LogP contribution < -0.4 is 0 Å². The first-order valence-electron chi connectivity index (χ1n) is 8.78. The van der Waals surface area contributed by atoms with Crippen LogP contribution in [0.15, 0.2) is 22.7 Å². The third-order valence-corrected chi connectivity index (χ3v) is 5.29. The molecule has 0 amide bonds. The summed E-state index contributed by atoms with van der Waals surface area (Å²) < 4.78 is 5.05. The van der Waals surface area contributed by atoms with Crippen molar-refractivity contribution in [2.45, 2.75) is 32.7 Å². The Kier molecular flexibility index (Phi) is 6.70. The molecule has 2 heterocycles. The second kappa shape index (κ2) is 8.99. The summed E-state index contributed by atoms with van der Waals surface area (Å²) in [4.78, 5) is 9.21. The summed E-state index contributed by atoms with van der Waals surface area (Å²) in [6.07, 6.45) is 3.14. The fraction of sp³-hybridized carbons (Fsp3) is 0.556. The Morgan fingerprint density at radius 2 is 1.80 bits per heavy atom. The lowest BCUT2D eigenvalue weighted by Gasteiger charge is -2.21. The molecule has 0 radical (unpaired) electrons. The molecule has 0 N–H and O–H groups in total. The largest absolute Gasteiger partial charge is 0.340 e. The number of nitrogens with zero attached hydrogens (tertiary/aromatic N) is 4. The number of halogens is 2. The van der Waals surface area contributed by atoms with E-state index in [0.717, 1.165) is 80.0 Å². The first-order valence-corrected chi connectivity index (χ1v) is 9.54. The van der Waals surface area contributed by atoms with Gasteiger partial charge < -0.3 is 9.42 Å². The van der Waals surface area contributed by atoms with Crippen molar-refractivity contribution in [1.29, 1.82) is 0 Å². The molecule has 0 atom stereocenters. The maximum atomic E-state index is 6.25. The molecule has 3 rings (SSSR count). The molecule has 1 aromatic carbocycles. The minimum Gasteiger partial charge on any atom is -0.340 e. The van der Waals surface area contributed by atoms with Crippen LogP contribution in [0.25, 0.3) is 0 Å². The molecule has 2 aromatic rings. The van der Waals surface area contributed by atoms with Gasteiger partial charge >= 0.3 is 0 Å². The van der Waals surface area contributed by atoms with Gasteiger partial charge in [0, 0.05) is 30.1 Å². The van der Waals surface area contributed by atoms with Crippen LogP contribution in [0.5, 0.6) is 0 Å². The van der Waals surface area contributed by atoms with Crippen LogP contribution in [0.2, 0.25) is 10.0 Å². The van der Waals surface area contributed by atoms with Crippen molar-refractivity contribution < 1.29 is 4.52 Å². The molecule has 25 heavy (non-hydrogen) atoms. The first-order chi connectivity index (χ1) is 12.1. The van der Waals surface area contributed by atoms with E-state index in [-0.39, 0.29) is 0 Å². The second-order valence-corrected chi connectivity index (χ2v) is 7.32. The summed E-state index contributed by atoms with van der Waals surface area (Å²) in [7, 11) is 0. The van der Waals surface area contributed by atoms with Gasteiger partial charge in [-0.1, -0.05) is 34.4 Å². The highest BCUT2D eigenvalue weighted by Crippen LogP contribution is 2.25. The van der Waals surface area contributed by atoms with Gasteiger partial charge in [-0.15, -0.1) is 0 Å². The number of benzene rings is 1. The first kappa shape index (κ1) is 18.6. The van der Waals surface area contributed by atoms with E-state index < -0.39 is 0 Å². The Morgan fingerprint density at radius 3 is 2.52 bits per heavy atom. The highest BCUT2D eigenvalue weighted by molar-refractivity contribution is 6.35. The van der Waals surface area contributed by atoms with Crippen LogP contribution in [-0.2, 0) is 13.0 Å². The van der Waals surface area contributed by atoms with E-state index in [1.54, 1.807) is 0 Å². The van der Waals surface area contributed by atoms with Gasteiger partial charge in [0.2, 0.25) is 5.89 Å². The predicted octanol–water partition coefficient (Wildman–Crippen LogP) is 3.83. The lowest BCUT2D eigenvalue weighted by Crippen LogP contribution is -2.31.